The zero-order valence-electron chi connectivity index (χ0n) is 18.8. The van der Waals surface area contributed by atoms with Crippen LogP contribution in [0, 0.1) is 5.92 Å². The first-order chi connectivity index (χ1) is 15.4. The average molecular weight is 440 g/mol. The van der Waals surface area contributed by atoms with Crippen molar-refractivity contribution in [3.63, 3.8) is 0 Å². The van der Waals surface area contributed by atoms with Crippen LogP contribution in [-0.2, 0) is 14.3 Å². The third-order valence-corrected chi connectivity index (χ3v) is 5.22. The molecule has 170 valence electrons. The smallest absolute Gasteiger partial charge is 0.295 e. The van der Waals surface area contributed by atoms with Crippen LogP contribution in [0.5, 0.6) is 11.5 Å². The first-order valence-corrected chi connectivity index (χ1v) is 10.5. The van der Waals surface area contributed by atoms with Crippen LogP contribution in [0.25, 0.3) is 5.76 Å². The van der Waals surface area contributed by atoms with Gasteiger partial charge in [0, 0.05) is 24.8 Å². The molecule has 0 bridgehead atoms. The standard InChI is InChI=1S/C25H29NO6/c1-16(2)15-32-18-11-9-17(10-12-18)23(27)21-22(19-7-5-6-8-20(19)31-4)26(13-14-30-3)25(29)24(21)28/h5-12,16,22,27H,13-15H2,1-4H3/t22-/m1/s1. The van der Waals surface area contributed by atoms with Gasteiger partial charge < -0.3 is 24.2 Å². The second-order valence-electron chi connectivity index (χ2n) is 7.96. The lowest BCUT2D eigenvalue weighted by atomic mass is 9.94. The molecule has 7 nitrogen and oxygen atoms in total. The van der Waals surface area contributed by atoms with E-state index in [0.29, 0.717) is 35.2 Å². The molecule has 0 aliphatic carbocycles. The van der Waals surface area contributed by atoms with E-state index in [1.165, 1.54) is 19.1 Å². The number of amides is 1. The van der Waals surface area contributed by atoms with Crippen LogP contribution in [0.15, 0.2) is 54.1 Å². The molecule has 0 unspecified atom stereocenters. The van der Waals surface area contributed by atoms with E-state index in [1.807, 2.05) is 0 Å². The van der Waals surface area contributed by atoms with Gasteiger partial charge in [0.2, 0.25) is 0 Å². The Balaban J connectivity index is 2.07. The number of hydrogen-bond acceptors (Lipinski definition) is 6. The van der Waals surface area contributed by atoms with E-state index < -0.39 is 17.7 Å². The van der Waals surface area contributed by atoms with Crippen molar-refractivity contribution in [2.24, 2.45) is 5.92 Å². The highest BCUT2D eigenvalue weighted by Crippen LogP contribution is 2.42. The van der Waals surface area contributed by atoms with Crippen LogP contribution >= 0.6 is 0 Å². The van der Waals surface area contributed by atoms with Crippen LogP contribution in [0.3, 0.4) is 0 Å². The van der Waals surface area contributed by atoms with Crippen molar-refractivity contribution in [2.75, 3.05) is 34.0 Å². The number of methoxy groups -OCH3 is 2. The molecule has 1 amide bonds. The molecule has 1 atom stereocenters. The molecule has 3 rings (SSSR count). The largest absolute Gasteiger partial charge is 0.507 e. The summed E-state index contributed by atoms with van der Waals surface area (Å²) in [4.78, 5) is 27.3. The molecule has 1 N–H and O–H groups in total. The minimum Gasteiger partial charge on any atom is -0.507 e. The van der Waals surface area contributed by atoms with Gasteiger partial charge in [-0.3, -0.25) is 9.59 Å². The van der Waals surface area contributed by atoms with Crippen LogP contribution in [0.1, 0.15) is 31.0 Å². The quantitative estimate of drug-likeness (QED) is 0.363. The van der Waals surface area contributed by atoms with Gasteiger partial charge in [0.15, 0.2) is 0 Å². The summed E-state index contributed by atoms with van der Waals surface area (Å²) in [6.07, 6.45) is 0. The maximum atomic E-state index is 13.0. The summed E-state index contributed by atoms with van der Waals surface area (Å²) in [5, 5.41) is 11.1. The van der Waals surface area contributed by atoms with Gasteiger partial charge in [0.05, 0.1) is 31.9 Å². The fourth-order valence-electron chi connectivity index (χ4n) is 3.64. The third-order valence-electron chi connectivity index (χ3n) is 5.22. The molecule has 2 aromatic carbocycles. The van der Waals surface area contributed by atoms with Crippen molar-refractivity contribution in [3.05, 3.63) is 65.2 Å². The Hall–Kier alpha value is -3.32. The number of carbonyl (C=O) groups excluding carboxylic acids is 2. The topological polar surface area (TPSA) is 85.3 Å². The number of aliphatic hydroxyl groups is 1. The Kier molecular flexibility index (Phi) is 7.53. The lowest BCUT2D eigenvalue weighted by Crippen LogP contribution is -2.32. The Morgan fingerprint density at radius 2 is 1.75 bits per heavy atom. The van der Waals surface area contributed by atoms with Crippen molar-refractivity contribution in [2.45, 2.75) is 19.9 Å². The summed E-state index contributed by atoms with van der Waals surface area (Å²) < 4.78 is 16.3. The van der Waals surface area contributed by atoms with E-state index in [9.17, 15) is 14.7 Å². The fourth-order valence-corrected chi connectivity index (χ4v) is 3.64. The van der Waals surface area contributed by atoms with Crippen LogP contribution < -0.4 is 9.47 Å². The first kappa shape index (κ1) is 23.3. The number of ether oxygens (including phenoxy) is 3. The van der Waals surface area contributed by atoms with E-state index in [1.54, 1.807) is 48.5 Å². The Morgan fingerprint density at radius 3 is 2.38 bits per heavy atom. The average Bonchev–Trinajstić information content (AvgIpc) is 3.05. The minimum absolute atomic E-state index is 0.0199. The predicted molar refractivity (Wildman–Crippen MR) is 121 cm³/mol. The van der Waals surface area contributed by atoms with Gasteiger partial charge in [-0.15, -0.1) is 0 Å². The number of ketones is 1. The van der Waals surface area contributed by atoms with Crippen LogP contribution in [0.4, 0.5) is 0 Å². The second-order valence-corrected chi connectivity index (χ2v) is 7.96. The number of Topliss-reactive ketones (excluding diaryl/α,β-unsaturated/α-hetero) is 1. The number of likely N-dealkylation sites (tertiary alicyclic amines) is 1. The molecule has 0 aromatic heterocycles. The van der Waals surface area contributed by atoms with E-state index in [2.05, 4.69) is 13.8 Å². The van der Waals surface area contributed by atoms with Crippen LogP contribution in [0.2, 0.25) is 0 Å². The molecule has 0 spiro atoms. The van der Waals surface area contributed by atoms with E-state index in [4.69, 9.17) is 14.2 Å². The molecule has 2 aromatic rings. The van der Waals surface area contributed by atoms with Crippen molar-refractivity contribution in [1.29, 1.82) is 0 Å². The summed E-state index contributed by atoms with van der Waals surface area (Å²) >= 11 is 0. The SMILES string of the molecule is COCCN1C(=O)C(=O)C(=C(O)c2ccc(OCC(C)C)cc2)[C@H]1c1ccccc1OC. The van der Waals surface area contributed by atoms with E-state index >= 15 is 0 Å². The number of nitrogens with zero attached hydrogens (tertiary/aromatic N) is 1. The first-order valence-electron chi connectivity index (χ1n) is 10.5. The summed E-state index contributed by atoms with van der Waals surface area (Å²) in [5.74, 6) is -0.102. The molecule has 0 saturated carbocycles. The van der Waals surface area contributed by atoms with Gasteiger partial charge >= 0.3 is 0 Å². The van der Waals surface area contributed by atoms with Crippen molar-refractivity contribution < 1.29 is 28.9 Å². The van der Waals surface area contributed by atoms with Gasteiger partial charge in [0.1, 0.15) is 17.3 Å². The zero-order chi connectivity index (χ0) is 23.3. The molecular formula is C25H29NO6. The molecule has 7 heteroatoms. The monoisotopic (exact) mass is 439 g/mol. The maximum absolute atomic E-state index is 13.0. The molecule has 1 saturated heterocycles. The second kappa shape index (κ2) is 10.3. The number of para-hydroxylation sites is 1. The van der Waals surface area contributed by atoms with Gasteiger partial charge in [-0.25, -0.2) is 0 Å². The Bertz CT molecular complexity index is 996. The molecule has 1 aliphatic rings. The van der Waals surface area contributed by atoms with E-state index in [-0.39, 0.29) is 24.5 Å². The van der Waals surface area contributed by atoms with Gasteiger partial charge in [0.25, 0.3) is 11.7 Å². The molecular weight excluding hydrogens is 410 g/mol. The zero-order valence-corrected chi connectivity index (χ0v) is 18.8. The summed E-state index contributed by atoms with van der Waals surface area (Å²) in [6.45, 7) is 5.13. The number of hydrogen-bond donors (Lipinski definition) is 1. The molecule has 0 radical (unpaired) electrons. The van der Waals surface area contributed by atoms with Crippen molar-refractivity contribution in [1.82, 2.24) is 4.90 Å². The predicted octanol–water partition coefficient (Wildman–Crippen LogP) is 3.80. The van der Waals surface area contributed by atoms with Crippen molar-refractivity contribution in [3.8, 4) is 11.5 Å². The normalized spacial score (nSPS) is 17.8. The third kappa shape index (κ3) is 4.78. The number of rotatable bonds is 9. The molecule has 32 heavy (non-hydrogen) atoms. The summed E-state index contributed by atoms with van der Waals surface area (Å²) in [6, 6.07) is 13.2. The molecule has 1 aliphatic heterocycles. The lowest BCUT2D eigenvalue weighted by Gasteiger charge is -2.26. The highest BCUT2D eigenvalue weighted by atomic mass is 16.5. The highest BCUT2D eigenvalue weighted by Gasteiger charge is 2.46. The summed E-state index contributed by atoms with van der Waals surface area (Å²) in [5.41, 5.74) is 1.06. The van der Waals surface area contributed by atoms with Gasteiger partial charge in [-0.1, -0.05) is 32.0 Å². The molecule has 1 fully saturated rings. The number of benzene rings is 2. The number of aliphatic hydroxyl groups excluding tert-OH is 1. The lowest BCUT2D eigenvalue weighted by molar-refractivity contribution is -0.140. The van der Waals surface area contributed by atoms with Crippen molar-refractivity contribution >= 4 is 17.4 Å². The number of carbonyl (C=O) groups is 2. The Labute approximate surface area is 188 Å². The summed E-state index contributed by atoms with van der Waals surface area (Å²) in [7, 11) is 3.05. The minimum atomic E-state index is -0.793. The van der Waals surface area contributed by atoms with Gasteiger partial charge in [-0.05, 0) is 36.2 Å². The maximum Gasteiger partial charge on any atom is 0.295 e. The Morgan fingerprint density at radius 1 is 1.06 bits per heavy atom. The van der Waals surface area contributed by atoms with Gasteiger partial charge in [-0.2, -0.15) is 0 Å². The highest BCUT2D eigenvalue weighted by molar-refractivity contribution is 6.46. The van der Waals surface area contributed by atoms with Crippen LogP contribution in [-0.4, -0.2) is 55.7 Å². The van der Waals surface area contributed by atoms with E-state index in [0.717, 1.165) is 0 Å². The molecule has 1 heterocycles. The fraction of sp³-hybridized carbons (Fsp3) is 0.360.